The third-order valence-electron chi connectivity index (χ3n) is 2.30. The number of rotatable bonds is 4. The third kappa shape index (κ3) is 3.43. The van der Waals surface area contributed by atoms with Gasteiger partial charge >= 0.3 is 0 Å². The molecule has 0 aliphatic carbocycles. The van der Waals surface area contributed by atoms with Crippen molar-refractivity contribution in [2.24, 2.45) is 5.84 Å². The number of ether oxygens (including phenoxy) is 1. The van der Waals surface area contributed by atoms with E-state index in [4.69, 9.17) is 10.6 Å². The van der Waals surface area contributed by atoms with E-state index in [0.717, 1.165) is 0 Å². The highest BCUT2D eigenvalue weighted by Crippen LogP contribution is 2.29. The lowest BCUT2D eigenvalue weighted by atomic mass is 10.3. The minimum Gasteiger partial charge on any atom is -0.455 e. The molecule has 0 bridgehead atoms. The quantitative estimate of drug-likeness (QED) is 0.577. The zero-order valence-corrected chi connectivity index (χ0v) is 10.4. The van der Waals surface area contributed by atoms with Crippen LogP contribution in [-0.4, -0.2) is 10.9 Å². The van der Waals surface area contributed by atoms with Crippen molar-refractivity contribution < 1.29 is 9.53 Å². The number of nitrogens with one attached hydrogen (secondary N) is 2. The summed E-state index contributed by atoms with van der Waals surface area (Å²) in [6, 6.07) is 10.5. The topological polar surface area (TPSA) is 89.3 Å². The molecule has 0 aliphatic heterocycles. The number of nitrogens with zero attached hydrogens (tertiary/aromatic N) is 1. The van der Waals surface area contributed by atoms with E-state index in [9.17, 15) is 4.79 Å². The van der Waals surface area contributed by atoms with Crippen LogP contribution in [0.15, 0.2) is 42.6 Å². The maximum Gasteiger partial charge on any atom is 0.221 e. The Labute approximate surface area is 110 Å². The lowest BCUT2D eigenvalue weighted by molar-refractivity contribution is -0.114. The summed E-state index contributed by atoms with van der Waals surface area (Å²) >= 11 is 0. The number of hydrogen-bond donors (Lipinski definition) is 3. The van der Waals surface area contributed by atoms with Crippen LogP contribution in [0.3, 0.4) is 0 Å². The molecule has 1 aromatic heterocycles. The number of para-hydroxylation sites is 2. The summed E-state index contributed by atoms with van der Waals surface area (Å²) < 4.78 is 5.70. The summed E-state index contributed by atoms with van der Waals surface area (Å²) in [5.41, 5.74) is 3.04. The Bertz CT molecular complexity index is 586. The van der Waals surface area contributed by atoms with Gasteiger partial charge in [0.05, 0.1) is 5.69 Å². The largest absolute Gasteiger partial charge is 0.455 e. The fourth-order valence-corrected chi connectivity index (χ4v) is 1.53. The lowest BCUT2D eigenvalue weighted by Crippen LogP contribution is -2.08. The minimum atomic E-state index is -0.157. The maximum absolute atomic E-state index is 11.1. The highest BCUT2D eigenvalue weighted by Gasteiger charge is 2.06. The first-order chi connectivity index (χ1) is 9.19. The second kappa shape index (κ2) is 5.83. The third-order valence-corrected chi connectivity index (χ3v) is 2.30. The van der Waals surface area contributed by atoms with Crippen LogP contribution in [-0.2, 0) is 4.79 Å². The molecule has 2 aromatic rings. The summed E-state index contributed by atoms with van der Waals surface area (Å²) in [7, 11) is 0. The van der Waals surface area contributed by atoms with E-state index in [-0.39, 0.29) is 5.91 Å². The molecule has 1 aromatic carbocycles. The molecular weight excluding hydrogens is 244 g/mol. The zero-order chi connectivity index (χ0) is 13.7. The van der Waals surface area contributed by atoms with E-state index in [2.05, 4.69) is 15.7 Å². The first-order valence-corrected chi connectivity index (χ1v) is 5.66. The number of nitrogens with two attached hydrogens (primary N) is 1. The van der Waals surface area contributed by atoms with Gasteiger partial charge in [-0.05, 0) is 18.2 Å². The first-order valence-electron chi connectivity index (χ1n) is 5.66. The van der Waals surface area contributed by atoms with Gasteiger partial charge < -0.3 is 15.5 Å². The minimum absolute atomic E-state index is 0.157. The number of benzene rings is 1. The predicted molar refractivity (Wildman–Crippen MR) is 72.9 cm³/mol. The number of aromatic nitrogens is 1. The molecule has 0 saturated heterocycles. The first kappa shape index (κ1) is 12.8. The van der Waals surface area contributed by atoms with E-state index >= 15 is 0 Å². The molecule has 0 atom stereocenters. The van der Waals surface area contributed by atoms with Crippen LogP contribution >= 0.6 is 0 Å². The molecule has 2 rings (SSSR count). The van der Waals surface area contributed by atoms with Crippen LogP contribution in [0.4, 0.5) is 11.5 Å². The Hall–Kier alpha value is -2.60. The van der Waals surface area contributed by atoms with Crippen molar-refractivity contribution in [2.75, 3.05) is 10.7 Å². The normalized spacial score (nSPS) is 9.79. The molecule has 1 amide bonds. The highest BCUT2D eigenvalue weighted by atomic mass is 16.5. The van der Waals surface area contributed by atoms with Crippen molar-refractivity contribution in [1.29, 1.82) is 0 Å². The van der Waals surface area contributed by atoms with Gasteiger partial charge in [-0.2, -0.15) is 0 Å². The monoisotopic (exact) mass is 258 g/mol. The van der Waals surface area contributed by atoms with Gasteiger partial charge in [-0.25, -0.2) is 10.8 Å². The summed E-state index contributed by atoms with van der Waals surface area (Å²) in [4.78, 5) is 15.1. The SMILES string of the molecule is CC(=O)Nc1ccccc1Oc1ccnc(NN)c1. The van der Waals surface area contributed by atoms with Crippen molar-refractivity contribution in [3.63, 3.8) is 0 Å². The van der Waals surface area contributed by atoms with E-state index in [1.165, 1.54) is 6.92 Å². The number of nitrogen functional groups attached to an aromatic ring is 1. The molecule has 19 heavy (non-hydrogen) atoms. The maximum atomic E-state index is 11.1. The Morgan fingerprint density at radius 3 is 2.84 bits per heavy atom. The number of hydrazine groups is 1. The fourth-order valence-electron chi connectivity index (χ4n) is 1.53. The van der Waals surface area contributed by atoms with E-state index in [1.54, 1.807) is 30.5 Å². The van der Waals surface area contributed by atoms with E-state index in [0.29, 0.717) is 23.0 Å². The van der Waals surface area contributed by atoms with Gasteiger partial charge in [-0.3, -0.25) is 4.79 Å². The van der Waals surface area contributed by atoms with E-state index in [1.807, 2.05) is 12.1 Å². The summed E-state index contributed by atoms with van der Waals surface area (Å²) in [6.45, 7) is 1.44. The number of carbonyl (C=O) groups excluding carboxylic acids is 1. The molecule has 0 spiro atoms. The van der Waals surface area contributed by atoms with Gasteiger partial charge in [0.1, 0.15) is 11.6 Å². The molecule has 98 valence electrons. The average molecular weight is 258 g/mol. The Morgan fingerprint density at radius 1 is 1.32 bits per heavy atom. The highest BCUT2D eigenvalue weighted by molar-refractivity contribution is 5.90. The number of pyridine rings is 1. The Balaban J connectivity index is 2.24. The van der Waals surface area contributed by atoms with Crippen LogP contribution in [0, 0.1) is 0 Å². The molecule has 0 fully saturated rings. The van der Waals surface area contributed by atoms with Crippen molar-refractivity contribution >= 4 is 17.4 Å². The number of anilines is 2. The van der Waals surface area contributed by atoms with Crippen LogP contribution in [0.5, 0.6) is 11.5 Å². The van der Waals surface area contributed by atoms with Gasteiger partial charge in [0, 0.05) is 19.2 Å². The Morgan fingerprint density at radius 2 is 2.11 bits per heavy atom. The average Bonchev–Trinajstić information content (AvgIpc) is 2.41. The molecule has 0 aliphatic rings. The summed E-state index contributed by atoms with van der Waals surface area (Å²) in [5.74, 6) is 6.74. The molecule has 6 nitrogen and oxygen atoms in total. The number of hydrogen-bond acceptors (Lipinski definition) is 5. The van der Waals surface area contributed by atoms with Crippen molar-refractivity contribution in [2.45, 2.75) is 6.92 Å². The van der Waals surface area contributed by atoms with Gasteiger partial charge in [-0.15, -0.1) is 0 Å². The lowest BCUT2D eigenvalue weighted by Gasteiger charge is -2.11. The van der Waals surface area contributed by atoms with Gasteiger partial charge in [0.2, 0.25) is 5.91 Å². The van der Waals surface area contributed by atoms with Crippen LogP contribution in [0.1, 0.15) is 6.92 Å². The summed E-state index contributed by atoms with van der Waals surface area (Å²) in [6.07, 6.45) is 1.57. The van der Waals surface area contributed by atoms with Gasteiger partial charge in [-0.1, -0.05) is 12.1 Å². The number of amides is 1. The van der Waals surface area contributed by atoms with Crippen molar-refractivity contribution in [3.8, 4) is 11.5 Å². The Kier molecular flexibility index (Phi) is 3.94. The fraction of sp³-hybridized carbons (Fsp3) is 0.0769. The van der Waals surface area contributed by atoms with Crippen LogP contribution in [0.2, 0.25) is 0 Å². The van der Waals surface area contributed by atoms with Crippen LogP contribution in [0.25, 0.3) is 0 Å². The van der Waals surface area contributed by atoms with Gasteiger partial charge in [0.25, 0.3) is 0 Å². The molecule has 0 saturated carbocycles. The second-order valence-electron chi connectivity index (χ2n) is 3.80. The molecule has 6 heteroatoms. The van der Waals surface area contributed by atoms with Crippen molar-refractivity contribution in [1.82, 2.24) is 4.98 Å². The smallest absolute Gasteiger partial charge is 0.221 e. The molecular formula is C13H14N4O2. The second-order valence-corrected chi connectivity index (χ2v) is 3.80. The van der Waals surface area contributed by atoms with Crippen LogP contribution < -0.4 is 21.3 Å². The van der Waals surface area contributed by atoms with Crippen molar-refractivity contribution in [3.05, 3.63) is 42.6 Å². The molecule has 1 heterocycles. The molecule has 0 unspecified atom stereocenters. The zero-order valence-electron chi connectivity index (χ0n) is 10.4. The number of carbonyl (C=O) groups is 1. The standard InChI is InChI=1S/C13H14N4O2/c1-9(18)16-11-4-2-3-5-12(11)19-10-6-7-15-13(8-10)17-14/h2-8H,14H2,1H3,(H,15,17)(H,16,18). The molecule has 4 N–H and O–H groups in total. The van der Waals surface area contributed by atoms with Gasteiger partial charge in [0.15, 0.2) is 5.75 Å². The predicted octanol–water partition coefficient (Wildman–Crippen LogP) is 2.12. The summed E-state index contributed by atoms with van der Waals surface area (Å²) in [5, 5.41) is 2.70. The molecule has 0 radical (unpaired) electrons. The van der Waals surface area contributed by atoms with E-state index < -0.39 is 0 Å².